The average molecular weight is 343 g/mol. The number of carbonyl (C=O) groups is 1. The van der Waals surface area contributed by atoms with Crippen LogP contribution in [0.1, 0.15) is 15.9 Å². The first kappa shape index (κ1) is 15.5. The highest BCUT2D eigenvalue weighted by Gasteiger charge is 2.06. The van der Waals surface area contributed by atoms with Gasteiger partial charge < -0.3 is 0 Å². The van der Waals surface area contributed by atoms with Crippen LogP contribution >= 0.6 is 23.2 Å². The Balaban J connectivity index is 1.77. The van der Waals surface area contributed by atoms with E-state index in [2.05, 4.69) is 10.5 Å². The third-order valence-corrected chi connectivity index (χ3v) is 4.03. The predicted molar refractivity (Wildman–Crippen MR) is 95.5 cm³/mol. The molecule has 5 heteroatoms. The van der Waals surface area contributed by atoms with E-state index in [4.69, 9.17) is 23.2 Å². The Labute approximate surface area is 143 Å². The number of rotatable bonds is 3. The van der Waals surface area contributed by atoms with Crippen molar-refractivity contribution in [3.8, 4) is 0 Å². The van der Waals surface area contributed by atoms with E-state index in [1.165, 1.54) is 6.21 Å². The molecule has 1 amide bonds. The molecule has 0 fully saturated rings. The zero-order valence-electron chi connectivity index (χ0n) is 12.0. The van der Waals surface area contributed by atoms with Crippen molar-refractivity contribution in [3.05, 3.63) is 81.8 Å². The van der Waals surface area contributed by atoms with Crippen molar-refractivity contribution in [1.82, 2.24) is 5.43 Å². The van der Waals surface area contributed by atoms with Crippen LogP contribution in [0.3, 0.4) is 0 Å². The molecule has 0 saturated carbocycles. The van der Waals surface area contributed by atoms with E-state index >= 15 is 0 Å². The van der Waals surface area contributed by atoms with Gasteiger partial charge in [-0.25, -0.2) is 5.43 Å². The second kappa shape index (κ2) is 6.82. The third kappa shape index (κ3) is 3.52. The van der Waals surface area contributed by atoms with Crippen LogP contribution < -0.4 is 5.43 Å². The summed E-state index contributed by atoms with van der Waals surface area (Å²) >= 11 is 12.1. The van der Waals surface area contributed by atoms with E-state index in [1.54, 1.807) is 24.3 Å². The number of benzene rings is 3. The van der Waals surface area contributed by atoms with E-state index < -0.39 is 0 Å². The van der Waals surface area contributed by atoms with Crippen LogP contribution in [0.4, 0.5) is 0 Å². The molecule has 0 bridgehead atoms. The summed E-state index contributed by atoms with van der Waals surface area (Å²) in [7, 11) is 0. The first-order valence-electron chi connectivity index (χ1n) is 6.91. The number of halogens is 2. The molecule has 0 saturated heterocycles. The molecule has 3 rings (SSSR count). The van der Waals surface area contributed by atoms with Crippen molar-refractivity contribution in [3.63, 3.8) is 0 Å². The first-order valence-corrected chi connectivity index (χ1v) is 7.67. The Bertz CT molecular complexity index is 886. The first-order chi connectivity index (χ1) is 11.1. The Kier molecular flexibility index (Phi) is 4.60. The predicted octanol–water partition coefficient (Wildman–Crippen LogP) is 4.91. The summed E-state index contributed by atoms with van der Waals surface area (Å²) < 4.78 is 0. The van der Waals surface area contributed by atoms with Crippen molar-refractivity contribution in [2.75, 3.05) is 0 Å². The van der Waals surface area contributed by atoms with Crippen molar-refractivity contribution in [2.24, 2.45) is 5.10 Å². The van der Waals surface area contributed by atoms with Gasteiger partial charge >= 0.3 is 0 Å². The lowest BCUT2D eigenvalue weighted by atomic mass is 10.1. The van der Waals surface area contributed by atoms with E-state index in [1.807, 2.05) is 36.4 Å². The van der Waals surface area contributed by atoms with Crippen LogP contribution in [-0.4, -0.2) is 12.1 Å². The summed E-state index contributed by atoms with van der Waals surface area (Å²) in [5, 5.41) is 6.95. The van der Waals surface area contributed by atoms with Gasteiger partial charge in [-0.3, -0.25) is 4.79 Å². The van der Waals surface area contributed by atoms with Crippen molar-refractivity contribution >= 4 is 46.1 Å². The second-order valence-corrected chi connectivity index (χ2v) is 5.71. The summed E-state index contributed by atoms with van der Waals surface area (Å²) in [6.45, 7) is 0. The van der Waals surface area contributed by atoms with E-state index in [0.717, 1.165) is 10.8 Å². The maximum atomic E-state index is 12.2. The van der Waals surface area contributed by atoms with Crippen LogP contribution in [-0.2, 0) is 0 Å². The number of fused-ring (bicyclic) bond motifs is 1. The molecule has 3 aromatic carbocycles. The van der Waals surface area contributed by atoms with Crippen LogP contribution in [0.25, 0.3) is 10.8 Å². The van der Waals surface area contributed by atoms with Gasteiger partial charge in [-0.05, 0) is 35.0 Å². The number of nitrogens with one attached hydrogen (secondary N) is 1. The van der Waals surface area contributed by atoms with Gasteiger partial charge in [-0.2, -0.15) is 5.10 Å². The minimum Gasteiger partial charge on any atom is -0.267 e. The summed E-state index contributed by atoms with van der Waals surface area (Å²) in [5.41, 5.74) is 3.58. The average Bonchev–Trinajstić information content (AvgIpc) is 2.57. The number of carbonyl (C=O) groups excluding carboxylic acids is 1. The second-order valence-electron chi connectivity index (χ2n) is 4.90. The van der Waals surface area contributed by atoms with Crippen LogP contribution in [0.15, 0.2) is 65.8 Å². The highest BCUT2D eigenvalue weighted by molar-refractivity contribution is 6.38. The van der Waals surface area contributed by atoms with Gasteiger partial charge in [0.25, 0.3) is 5.91 Å². The molecular formula is C18H12Cl2N2O. The van der Waals surface area contributed by atoms with Crippen LogP contribution in [0.5, 0.6) is 0 Å². The van der Waals surface area contributed by atoms with Crippen molar-refractivity contribution in [2.45, 2.75) is 0 Å². The molecule has 114 valence electrons. The fourth-order valence-electron chi connectivity index (χ4n) is 2.18. The summed E-state index contributed by atoms with van der Waals surface area (Å²) in [5.74, 6) is -0.296. The molecule has 0 aromatic heterocycles. The van der Waals surface area contributed by atoms with Gasteiger partial charge in [0.1, 0.15) is 0 Å². The Morgan fingerprint density at radius 1 is 0.913 bits per heavy atom. The number of hydrogen-bond acceptors (Lipinski definition) is 2. The molecule has 3 aromatic rings. The molecule has 0 atom stereocenters. The Morgan fingerprint density at radius 3 is 2.35 bits per heavy atom. The van der Waals surface area contributed by atoms with Crippen LogP contribution in [0.2, 0.25) is 10.0 Å². The normalized spacial score (nSPS) is 11.0. The molecule has 1 N–H and O–H groups in total. The van der Waals surface area contributed by atoms with Crippen molar-refractivity contribution in [1.29, 1.82) is 0 Å². The monoisotopic (exact) mass is 342 g/mol. The molecule has 0 radical (unpaired) electrons. The molecule has 0 aliphatic rings. The highest BCUT2D eigenvalue weighted by atomic mass is 35.5. The SMILES string of the molecule is O=C(N/N=C\c1c(Cl)cccc1Cl)c1ccc2ccccc2c1. The van der Waals surface area contributed by atoms with Crippen molar-refractivity contribution < 1.29 is 4.79 Å². The maximum absolute atomic E-state index is 12.2. The Morgan fingerprint density at radius 2 is 1.61 bits per heavy atom. The lowest BCUT2D eigenvalue weighted by Crippen LogP contribution is -2.17. The molecule has 0 heterocycles. The number of nitrogens with zero attached hydrogens (tertiary/aromatic N) is 1. The quantitative estimate of drug-likeness (QED) is 0.533. The topological polar surface area (TPSA) is 41.5 Å². The van der Waals surface area contributed by atoms with Gasteiger partial charge in [0, 0.05) is 11.1 Å². The van der Waals surface area contributed by atoms with E-state index in [0.29, 0.717) is 21.2 Å². The van der Waals surface area contributed by atoms with Crippen LogP contribution in [0, 0.1) is 0 Å². The number of amides is 1. The fraction of sp³-hybridized carbons (Fsp3) is 0. The zero-order valence-corrected chi connectivity index (χ0v) is 13.5. The van der Waals surface area contributed by atoms with Gasteiger partial charge in [0.15, 0.2) is 0 Å². The van der Waals surface area contributed by atoms with E-state index in [-0.39, 0.29) is 5.91 Å². The standard InChI is InChI=1S/C18H12Cl2N2O/c19-16-6-3-7-17(20)15(16)11-21-22-18(23)14-9-8-12-4-1-2-5-13(12)10-14/h1-11H,(H,22,23)/b21-11-. The molecule has 23 heavy (non-hydrogen) atoms. The van der Waals surface area contributed by atoms with Gasteiger partial charge in [0.05, 0.1) is 16.3 Å². The molecular weight excluding hydrogens is 331 g/mol. The summed E-state index contributed by atoms with van der Waals surface area (Å²) in [6, 6.07) is 18.5. The molecule has 0 aliphatic heterocycles. The largest absolute Gasteiger partial charge is 0.271 e. The zero-order chi connectivity index (χ0) is 16.2. The minimum absolute atomic E-state index is 0.296. The highest BCUT2D eigenvalue weighted by Crippen LogP contribution is 2.22. The van der Waals surface area contributed by atoms with E-state index in [9.17, 15) is 4.79 Å². The maximum Gasteiger partial charge on any atom is 0.271 e. The molecule has 0 aliphatic carbocycles. The summed E-state index contributed by atoms with van der Waals surface area (Å²) in [4.78, 5) is 12.2. The molecule has 0 unspecified atom stereocenters. The smallest absolute Gasteiger partial charge is 0.267 e. The lowest BCUT2D eigenvalue weighted by Gasteiger charge is -2.03. The minimum atomic E-state index is -0.296. The molecule has 0 spiro atoms. The number of hydrogen-bond donors (Lipinski definition) is 1. The summed E-state index contributed by atoms with van der Waals surface area (Å²) in [6.07, 6.45) is 1.43. The lowest BCUT2D eigenvalue weighted by molar-refractivity contribution is 0.0955. The third-order valence-electron chi connectivity index (χ3n) is 3.37. The van der Waals surface area contributed by atoms with Gasteiger partial charge in [0.2, 0.25) is 0 Å². The van der Waals surface area contributed by atoms with Gasteiger partial charge in [-0.1, -0.05) is 59.6 Å². The Hall–Kier alpha value is -2.36. The number of hydrazone groups is 1. The fourth-order valence-corrected chi connectivity index (χ4v) is 2.68. The van der Waals surface area contributed by atoms with Gasteiger partial charge in [-0.15, -0.1) is 0 Å². The molecule has 3 nitrogen and oxygen atoms in total.